The summed E-state index contributed by atoms with van der Waals surface area (Å²) in [7, 11) is 3.79. The van der Waals surface area contributed by atoms with Gasteiger partial charge in [0.15, 0.2) is 0 Å². The van der Waals surface area contributed by atoms with Crippen LogP contribution in [0.2, 0.25) is 0 Å². The van der Waals surface area contributed by atoms with Gasteiger partial charge in [-0.15, -0.1) is 23.8 Å². The van der Waals surface area contributed by atoms with Crippen LogP contribution in [0.4, 0.5) is 5.69 Å². The van der Waals surface area contributed by atoms with Crippen LogP contribution < -0.4 is 4.90 Å². The predicted molar refractivity (Wildman–Crippen MR) is 65.3 cm³/mol. The molecule has 2 rings (SSSR count). The Balaban J connectivity index is 0.00000162. The van der Waals surface area contributed by atoms with Crippen LogP contribution in [0.1, 0.15) is 5.56 Å². The number of hydrogen-bond acceptors (Lipinski definition) is 4. The van der Waals surface area contributed by atoms with E-state index in [0.29, 0.717) is 5.56 Å². The Morgan fingerprint density at radius 2 is 2.17 bits per heavy atom. The van der Waals surface area contributed by atoms with Crippen molar-refractivity contribution in [3.63, 3.8) is 0 Å². The van der Waals surface area contributed by atoms with E-state index in [1.54, 1.807) is 24.4 Å². The standard InChI is InChI=1S/C13H11N4.Ir/c1-17(2)13-4-3-10(7-11(13)8-14)12-5-6-15-9-16-12;/h4-7,9H,1-2H3;/q-1;. The van der Waals surface area contributed by atoms with Gasteiger partial charge in [-0.3, -0.25) is 4.98 Å². The molecule has 0 spiro atoms. The number of nitriles is 1. The van der Waals surface area contributed by atoms with Crippen molar-refractivity contribution in [2.75, 3.05) is 19.0 Å². The fourth-order valence-electron chi connectivity index (χ4n) is 1.54. The van der Waals surface area contributed by atoms with Crippen LogP contribution in [0.3, 0.4) is 0 Å². The summed E-state index contributed by atoms with van der Waals surface area (Å²) in [6.45, 7) is 0. The molecule has 0 amide bonds. The summed E-state index contributed by atoms with van der Waals surface area (Å²) in [5, 5.41) is 9.12. The first-order valence-electron chi connectivity index (χ1n) is 5.12. The van der Waals surface area contributed by atoms with Crippen molar-refractivity contribution in [3.8, 4) is 17.3 Å². The summed E-state index contributed by atoms with van der Waals surface area (Å²) in [4.78, 5) is 9.88. The van der Waals surface area contributed by atoms with Gasteiger partial charge in [0.05, 0.1) is 6.07 Å². The summed E-state index contributed by atoms with van der Waals surface area (Å²) >= 11 is 0. The molecule has 5 heteroatoms. The van der Waals surface area contributed by atoms with Crippen LogP contribution in [0.25, 0.3) is 11.3 Å². The van der Waals surface area contributed by atoms with Crippen molar-refractivity contribution in [2.45, 2.75) is 0 Å². The van der Waals surface area contributed by atoms with E-state index in [2.05, 4.69) is 22.1 Å². The summed E-state index contributed by atoms with van der Waals surface area (Å²) in [5.41, 5.74) is 3.03. The van der Waals surface area contributed by atoms with Gasteiger partial charge in [0.2, 0.25) is 0 Å². The number of anilines is 1. The quantitative estimate of drug-likeness (QED) is 0.703. The largest absolute Gasteiger partial charge is 0.415 e. The number of benzene rings is 1. The van der Waals surface area contributed by atoms with Gasteiger partial charge in [-0.25, -0.2) is 4.98 Å². The maximum absolute atomic E-state index is 9.12. The van der Waals surface area contributed by atoms with Crippen molar-refractivity contribution in [1.29, 1.82) is 5.26 Å². The van der Waals surface area contributed by atoms with E-state index in [1.807, 2.05) is 19.0 Å². The fourth-order valence-corrected chi connectivity index (χ4v) is 1.54. The van der Waals surface area contributed by atoms with Crippen molar-refractivity contribution in [1.82, 2.24) is 9.97 Å². The van der Waals surface area contributed by atoms with Gasteiger partial charge in [0, 0.05) is 26.3 Å². The van der Waals surface area contributed by atoms with Crippen LogP contribution in [-0.2, 0) is 20.1 Å². The summed E-state index contributed by atoms with van der Waals surface area (Å²) in [5.74, 6) is 0. The van der Waals surface area contributed by atoms with Crippen LogP contribution >= 0.6 is 0 Å². The molecule has 1 heterocycles. The van der Waals surface area contributed by atoms with Crippen molar-refractivity contribution >= 4 is 5.69 Å². The van der Waals surface area contributed by atoms with E-state index < -0.39 is 0 Å². The monoisotopic (exact) mass is 416 g/mol. The molecule has 0 aliphatic carbocycles. The molecule has 0 fully saturated rings. The van der Waals surface area contributed by atoms with Gasteiger partial charge in [-0.1, -0.05) is 6.07 Å². The second-order valence-electron chi connectivity index (χ2n) is 3.75. The molecule has 0 N–H and O–H groups in total. The van der Waals surface area contributed by atoms with E-state index in [-0.39, 0.29) is 20.1 Å². The van der Waals surface area contributed by atoms with Gasteiger partial charge in [0.25, 0.3) is 0 Å². The van der Waals surface area contributed by atoms with Crippen molar-refractivity contribution < 1.29 is 20.1 Å². The second-order valence-corrected chi connectivity index (χ2v) is 3.75. The third kappa shape index (κ3) is 2.92. The molecule has 0 aliphatic rings. The Hall–Kier alpha value is -1.76. The molecule has 1 aromatic heterocycles. The Kier molecular flexibility index (Phi) is 4.96. The summed E-state index contributed by atoms with van der Waals surface area (Å²) in [6, 6.07) is 10.7. The third-order valence-corrected chi connectivity index (χ3v) is 2.39. The minimum atomic E-state index is 0. The van der Waals surface area contributed by atoms with Gasteiger partial charge >= 0.3 is 0 Å². The van der Waals surface area contributed by atoms with E-state index in [1.165, 1.54) is 6.33 Å². The average Bonchev–Trinajstić information content (AvgIpc) is 2.39. The molecule has 0 aliphatic heterocycles. The molecule has 4 nitrogen and oxygen atoms in total. The van der Waals surface area contributed by atoms with Gasteiger partial charge in [0.1, 0.15) is 6.33 Å². The molecule has 1 radical (unpaired) electrons. The molecule has 18 heavy (non-hydrogen) atoms. The zero-order valence-corrected chi connectivity index (χ0v) is 12.4. The molecule has 93 valence electrons. The Morgan fingerprint density at radius 1 is 1.39 bits per heavy atom. The minimum Gasteiger partial charge on any atom is -0.415 e. The maximum Gasteiger partial charge on any atom is 0.105 e. The van der Waals surface area contributed by atoms with Crippen LogP contribution in [-0.4, -0.2) is 24.1 Å². The Morgan fingerprint density at radius 3 is 2.72 bits per heavy atom. The van der Waals surface area contributed by atoms with Crippen molar-refractivity contribution in [2.24, 2.45) is 0 Å². The van der Waals surface area contributed by atoms with E-state index in [0.717, 1.165) is 16.9 Å². The first-order chi connectivity index (χ1) is 8.22. The molecule has 0 saturated carbocycles. The van der Waals surface area contributed by atoms with Crippen LogP contribution in [0, 0.1) is 17.4 Å². The van der Waals surface area contributed by atoms with Gasteiger partial charge in [-0.2, -0.15) is 5.26 Å². The third-order valence-electron chi connectivity index (χ3n) is 2.39. The maximum atomic E-state index is 9.12. The normalized spacial score (nSPS) is 9.17. The van der Waals surface area contributed by atoms with Crippen LogP contribution in [0.15, 0.2) is 30.7 Å². The molecule has 0 unspecified atom stereocenters. The number of aromatic nitrogens is 2. The van der Waals surface area contributed by atoms with Gasteiger partial charge in [-0.05, 0) is 31.0 Å². The van der Waals surface area contributed by atoms with Crippen LogP contribution in [0.5, 0.6) is 0 Å². The molecular formula is C13H11IrN4-. The Bertz CT molecular complexity index is 561. The topological polar surface area (TPSA) is 52.8 Å². The first-order valence-corrected chi connectivity index (χ1v) is 5.12. The number of nitrogens with zero attached hydrogens (tertiary/aromatic N) is 4. The Labute approximate surface area is 120 Å². The molecule has 0 bridgehead atoms. The zero-order valence-electron chi connectivity index (χ0n) is 10.0. The van der Waals surface area contributed by atoms with E-state index >= 15 is 0 Å². The SMILES string of the molecule is CN(C)c1c[c-]c(-c2ccncn2)cc1C#N.[Ir]. The summed E-state index contributed by atoms with van der Waals surface area (Å²) in [6.07, 6.45) is 3.15. The minimum absolute atomic E-state index is 0. The van der Waals surface area contributed by atoms with E-state index in [9.17, 15) is 0 Å². The summed E-state index contributed by atoms with van der Waals surface area (Å²) < 4.78 is 0. The molecule has 2 aromatic rings. The first kappa shape index (κ1) is 14.3. The molecular weight excluding hydrogens is 404 g/mol. The fraction of sp³-hybridized carbons (Fsp3) is 0.154. The van der Waals surface area contributed by atoms with Crippen molar-refractivity contribution in [3.05, 3.63) is 42.4 Å². The van der Waals surface area contributed by atoms with Gasteiger partial charge < -0.3 is 4.90 Å². The smallest absolute Gasteiger partial charge is 0.105 e. The molecule has 0 atom stereocenters. The predicted octanol–water partition coefficient (Wildman–Crippen LogP) is 1.88. The van der Waals surface area contributed by atoms with E-state index in [4.69, 9.17) is 5.26 Å². The molecule has 0 saturated heterocycles. The molecule has 1 aromatic carbocycles. The zero-order chi connectivity index (χ0) is 12.3. The number of hydrogen-bond donors (Lipinski definition) is 0. The second kappa shape index (κ2) is 6.25. The average molecular weight is 415 g/mol. The number of rotatable bonds is 2.